The molecule has 0 N–H and O–H groups in total. The lowest BCUT2D eigenvalue weighted by molar-refractivity contribution is -0.141. The SMILES string of the molecule is Cc1ccc(N(CCc2ccc(C(F)(F)F)nc2)C(=O)Cc2ccc(F)cc2)cc1C. The molecule has 0 aliphatic carbocycles. The van der Waals surface area contributed by atoms with Crippen LogP contribution in [0, 0.1) is 19.7 Å². The van der Waals surface area contributed by atoms with Crippen LogP contribution in [-0.4, -0.2) is 17.4 Å². The third-order valence-corrected chi connectivity index (χ3v) is 5.11. The highest BCUT2D eigenvalue weighted by atomic mass is 19.4. The van der Waals surface area contributed by atoms with E-state index in [9.17, 15) is 22.4 Å². The Kier molecular flexibility index (Phi) is 6.73. The quantitative estimate of drug-likeness (QED) is 0.472. The number of carbonyl (C=O) groups is 1. The molecule has 1 amide bonds. The number of pyridine rings is 1. The van der Waals surface area contributed by atoms with Crippen LogP contribution in [0.1, 0.15) is 27.9 Å². The molecule has 2 aromatic carbocycles. The summed E-state index contributed by atoms with van der Waals surface area (Å²) in [6.45, 7) is 4.19. The second-order valence-corrected chi connectivity index (χ2v) is 7.42. The second-order valence-electron chi connectivity index (χ2n) is 7.42. The highest BCUT2D eigenvalue weighted by Crippen LogP contribution is 2.27. The second kappa shape index (κ2) is 9.29. The van der Waals surface area contributed by atoms with Crippen molar-refractivity contribution in [1.29, 1.82) is 0 Å². The average Bonchev–Trinajstić information content (AvgIpc) is 2.72. The van der Waals surface area contributed by atoms with Crippen LogP contribution in [0.15, 0.2) is 60.8 Å². The fourth-order valence-electron chi connectivity index (χ4n) is 3.14. The predicted octanol–water partition coefficient (Wildman–Crippen LogP) is 5.67. The Hall–Kier alpha value is -3.22. The van der Waals surface area contributed by atoms with Gasteiger partial charge in [0.25, 0.3) is 0 Å². The molecule has 0 fully saturated rings. The minimum Gasteiger partial charge on any atom is -0.312 e. The van der Waals surface area contributed by atoms with Crippen LogP contribution in [0.25, 0.3) is 0 Å². The molecule has 3 aromatic rings. The maximum absolute atomic E-state index is 13.2. The molecule has 0 saturated carbocycles. The van der Waals surface area contributed by atoms with E-state index >= 15 is 0 Å². The predicted molar refractivity (Wildman–Crippen MR) is 111 cm³/mol. The maximum Gasteiger partial charge on any atom is 0.433 e. The fourth-order valence-corrected chi connectivity index (χ4v) is 3.14. The zero-order valence-corrected chi connectivity index (χ0v) is 17.2. The molecule has 0 radical (unpaired) electrons. The molecule has 3 nitrogen and oxygen atoms in total. The number of anilines is 1. The van der Waals surface area contributed by atoms with E-state index < -0.39 is 11.9 Å². The molecule has 0 saturated heterocycles. The van der Waals surface area contributed by atoms with Gasteiger partial charge in [-0.3, -0.25) is 9.78 Å². The minimum absolute atomic E-state index is 0.0818. The number of hydrogen-bond donors (Lipinski definition) is 0. The molecule has 0 aliphatic rings. The summed E-state index contributed by atoms with van der Waals surface area (Å²) in [4.78, 5) is 18.2. The molecule has 0 atom stereocenters. The number of hydrogen-bond acceptors (Lipinski definition) is 2. The van der Waals surface area contributed by atoms with Gasteiger partial charge in [0.1, 0.15) is 11.5 Å². The highest BCUT2D eigenvalue weighted by molar-refractivity contribution is 5.94. The Bertz CT molecular complexity index is 1040. The van der Waals surface area contributed by atoms with Crippen LogP contribution < -0.4 is 4.90 Å². The first-order valence-corrected chi connectivity index (χ1v) is 9.77. The molecule has 7 heteroatoms. The lowest BCUT2D eigenvalue weighted by Gasteiger charge is -2.24. The Balaban J connectivity index is 1.80. The lowest BCUT2D eigenvalue weighted by atomic mass is 10.1. The normalized spacial score (nSPS) is 11.4. The summed E-state index contributed by atoms with van der Waals surface area (Å²) >= 11 is 0. The standard InChI is InChI=1S/C24H22F4N2O/c1-16-3-9-21(13-17(16)2)30(23(31)14-18-4-7-20(25)8-5-18)12-11-19-6-10-22(29-15-19)24(26,27)28/h3-10,13,15H,11-12,14H2,1-2H3. The van der Waals surface area contributed by atoms with Crippen LogP contribution in [0.4, 0.5) is 23.2 Å². The summed E-state index contributed by atoms with van der Waals surface area (Å²) < 4.78 is 51.3. The molecule has 1 aromatic heterocycles. The van der Waals surface area contributed by atoms with Crippen molar-refractivity contribution in [2.24, 2.45) is 0 Å². The van der Waals surface area contributed by atoms with Crippen LogP contribution in [0.3, 0.4) is 0 Å². The summed E-state index contributed by atoms with van der Waals surface area (Å²) in [6.07, 6.45) is -2.88. The number of benzene rings is 2. The van der Waals surface area contributed by atoms with Crippen molar-refractivity contribution in [1.82, 2.24) is 4.98 Å². The van der Waals surface area contributed by atoms with Gasteiger partial charge in [-0.05, 0) is 72.9 Å². The monoisotopic (exact) mass is 430 g/mol. The number of aryl methyl sites for hydroxylation is 2. The van der Waals surface area contributed by atoms with Gasteiger partial charge in [-0.1, -0.05) is 24.3 Å². The van der Waals surface area contributed by atoms with Crippen molar-refractivity contribution in [3.63, 3.8) is 0 Å². The van der Waals surface area contributed by atoms with Gasteiger partial charge >= 0.3 is 6.18 Å². The molecule has 1 heterocycles. The summed E-state index contributed by atoms with van der Waals surface area (Å²) in [5.41, 5.74) is 3.13. The Morgan fingerprint density at radius 2 is 1.61 bits per heavy atom. The van der Waals surface area contributed by atoms with Crippen molar-refractivity contribution in [2.45, 2.75) is 32.9 Å². The van der Waals surface area contributed by atoms with Gasteiger partial charge in [-0.2, -0.15) is 13.2 Å². The zero-order chi connectivity index (χ0) is 22.6. The van der Waals surface area contributed by atoms with E-state index in [1.807, 2.05) is 32.0 Å². The fraction of sp³-hybridized carbons (Fsp3) is 0.250. The van der Waals surface area contributed by atoms with Crippen LogP contribution in [-0.2, 0) is 23.8 Å². The number of alkyl halides is 3. The van der Waals surface area contributed by atoms with Crippen molar-refractivity contribution in [3.05, 3.63) is 94.6 Å². The minimum atomic E-state index is -4.49. The Morgan fingerprint density at radius 1 is 0.935 bits per heavy atom. The molecule has 3 rings (SSSR count). The summed E-state index contributed by atoms with van der Waals surface area (Å²) in [7, 11) is 0. The molecule has 0 spiro atoms. The molecule has 31 heavy (non-hydrogen) atoms. The first kappa shape index (κ1) is 22.5. The first-order valence-electron chi connectivity index (χ1n) is 9.77. The van der Waals surface area contributed by atoms with Gasteiger partial charge in [-0.15, -0.1) is 0 Å². The van der Waals surface area contributed by atoms with Crippen molar-refractivity contribution in [2.75, 3.05) is 11.4 Å². The van der Waals surface area contributed by atoms with Gasteiger partial charge in [0.15, 0.2) is 0 Å². The van der Waals surface area contributed by atoms with Gasteiger partial charge in [0, 0.05) is 18.4 Å². The average molecular weight is 430 g/mol. The number of rotatable bonds is 6. The van der Waals surface area contributed by atoms with Gasteiger partial charge in [0.2, 0.25) is 5.91 Å². The van der Waals surface area contributed by atoms with Crippen molar-refractivity contribution >= 4 is 11.6 Å². The zero-order valence-electron chi connectivity index (χ0n) is 17.2. The number of halogens is 4. The van der Waals surface area contributed by atoms with Crippen LogP contribution in [0.5, 0.6) is 0 Å². The highest BCUT2D eigenvalue weighted by Gasteiger charge is 2.32. The third kappa shape index (κ3) is 5.90. The van der Waals surface area contributed by atoms with E-state index in [-0.39, 0.29) is 24.7 Å². The molecule has 162 valence electrons. The molecule has 0 unspecified atom stereocenters. The summed E-state index contributed by atoms with van der Waals surface area (Å²) in [6, 6.07) is 13.7. The topological polar surface area (TPSA) is 33.2 Å². The van der Waals surface area contributed by atoms with Crippen LogP contribution >= 0.6 is 0 Å². The number of carbonyl (C=O) groups excluding carboxylic acids is 1. The maximum atomic E-state index is 13.2. The van der Waals surface area contributed by atoms with Gasteiger partial charge in [0.05, 0.1) is 6.42 Å². The summed E-state index contributed by atoms with van der Waals surface area (Å²) in [5, 5.41) is 0. The van der Waals surface area contributed by atoms with E-state index in [2.05, 4.69) is 4.98 Å². The van der Waals surface area contributed by atoms with E-state index in [4.69, 9.17) is 0 Å². The van der Waals surface area contributed by atoms with Crippen molar-refractivity contribution < 1.29 is 22.4 Å². The van der Waals surface area contributed by atoms with E-state index in [1.165, 1.54) is 24.4 Å². The number of aromatic nitrogens is 1. The number of amides is 1. The molecular weight excluding hydrogens is 408 g/mol. The molecule has 0 bridgehead atoms. The lowest BCUT2D eigenvalue weighted by Crippen LogP contribution is -2.34. The largest absolute Gasteiger partial charge is 0.433 e. The number of nitrogens with zero attached hydrogens (tertiary/aromatic N) is 2. The smallest absolute Gasteiger partial charge is 0.312 e. The van der Waals surface area contributed by atoms with Gasteiger partial charge in [-0.25, -0.2) is 4.39 Å². The molecule has 0 aliphatic heterocycles. The van der Waals surface area contributed by atoms with Gasteiger partial charge < -0.3 is 4.90 Å². The van der Waals surface area contributed by atoms with E-state index in [1.54, 1.807) is 17.0 Å². The Morgan fingerprint density at radius 3 is 2.19 bits per heavy atom. The van der Waals surface area contributed by atoms with Crippen LogP contribution in [0.2, 0.25) is 0 Å². The first-order chi connectivity index (χ1) is 14.6. The molecular formula is C24H22F4N2O. The van der Waals surface area contributed by atoms with E-state index in [0.717, 1.165) is 17.2 Å². The third-order valence-electron chi connectivity index (χ3n) is 5.11. The Labute approximate surface area is 178 Å². The summed E-state index contributed by atoms with van der Waals surface area (Å²) in [5.74, 6) is -0.563. The van der Waals surface area contributed by atoms with Crippen molar-refractivity contribution in [3.8, 4) is 0 Å². The van der Waals surface area contributed by atoms with E-state index in [0.29, 0.717) is 23.2 Å².